The average molecular weight is 482 g/mol. The summed E-state index contributed by atoms with van der Waals surface area (Å²) in [4.78, 5) is 27.4. The van der Waals surface area contributed by atoms with Crippen LogP contribution in [-0.4, -0.2) is 36.5 Å². The molecule has 0 aliphatic rings. The molecule has 0 heterocycles. The van der Waals surface area contributed by atoms with Gasteiger partial charge in [0.2, 0.25) is 5.91 Å². The van der Waals surface area contributed by atoms with Crippen LogP contribution >= 0.6 is 0 Å². The van der Waals surface area contributed by atoms with Crippen LogP contribution in [0.1, 0.15) is 150 Å². The first-order valence-electron chi connectivity index (χ1n) is 14.9. The number of carbonyl (C=O) groups excluding carboxylic acids is 2. The normalized spacial score (nSPS) is 13.0. The van der Waals surface area contributed by atoms with Crippen molar-refractivity contribution in [3.05, 3.63) is 0 Å². The van der Waals surface area contributed by atoms with Crippen LogP contribution in [0.2, 0.25) is 0 Å². The number of esters is 1. The summed E-state index contributed by atoms with van der Waals surface area (Å²) in [5, 5.41) is 0. The summed E-state index contributed by atoms with van der Waals surface area (Å²) in [6.45, 7) is 13.3. The van der Waals surface area contributed by atoms with E-state index >= 15 is 0 Å². The highest BCUT2D eigenvalue weighted by molar-refractivity contribution is 5.81. The summed E-state index contributed by atoms with van der Waals surface area (Å²) >= 11 is 0. The van der Waals surface area contributed by atoms with Gasteiger partial charge in [0.25, 0.3) is 0 Å². The molecule has 0 aromatic rings. The van der Waals surface area contributed by atoms with Crippen LogP contribution in [0.15, 0.2) is 0 Å². The van der Waals surface area contributed by atoms with E-state index in [1.807, 2.05) is 0 Å². The van der Waals surface area contributed by atoms with Crippen molar-refractivity contribution in [2.24, 2.45) is 11.8 Å². The van der Waals surface area contributed by atoms with Crippen molar-refractivity contribution in [3.8, 4) is 0 Å². The van der Waals surface area contributed by atoms with Crippen LogP contribution in [0, 0.1) is 11.8 Å². The predicted octanol–water partition coefficient (Wildman–Crippen LogP) is 8.71. The summed E-state index contributed by atoms with van der Waals surface area (Å²) in [6.07, 6.45) is 19.8. The molecule has 0 saturated carbocycles. The summed E-state index contributed by atoms with van der Waals surface area (Å²) in [7, 11) is 0. The molecule has 4 nitrogen and oxygen atoms in total. The maximum absolute atomic E-state index is 13.1. The topological polar surface area (TPSA) is 46.6 Å². The van der Waals surface area contributed by atoms with Crippen molar-refractivity contribution < 1.29 is 14.3 Å². The van der Waals surface area contributed by atoms with E-state index in [0.29, 0.717) is 18.4 Å². The SMILES string of the molecule is CCCCCCCCCCOC(=O)CCC(=O)N(CC(CC)CCCC)CC(CC)CCCC. The van der Waals surface area contributed by atoms with Crippen LogP contribution in [0.3, 0.4) is 0 Å². The maximum atomic E-state index is 13.1. The lowest BCUT2D eigenvalue weighted by molar-refractivity contribution is -0.146. The molecule has 0 radical (unpaired) electrons. The van der Waals surface area contributed by atoms with Crippen molar-refractivity contribution in [2.45, 2.75) is 150 Å². The molecule has 0 fully saturated rings. The fourth-order valence-corrected chi connectivity index (χ4v) is 4.60. The fraction of sp³-hybridized carbons (Fsp3) is 0.933. The van der Waals surface area contributed by atoms with Gasteiger partial charge in [-0.25, -0.2) is 0 Å². The molecule has 0 aromatic carbocycles. The molecule has 0 rings (SSSR count). The van der Waals surface area contributed by atoms with Crippen LogP contribution in [0.5, 0.6) is 0 Å². The number of hydrogen-bond donors (Lipinski definition) is 0. The van der Waals surface area contributed by atoms with Gasteiger partial charge in [-0.3, -0.25) is 9.59 Å². The molecular formula is C30H59NO3. The molecule has 4 heteroatoms. The second kappa shape index (κ2) is 23.7. The van der Waals surface area contributed by atoms with Crippen molar-refractivity contribution in [1.82, 2.24) is 4.90 Å². The molecule has 0 aliphatic heterocycles. The second-order valence-corrected chi connectivity index (χ2v) is 10.3. The predicted molar refractivity (Wildman–Crippen MR) is 146 cm³/mol. The van der Waals surface area contributed by atoms with Crippen LogP contribution in [0.4, 0.5) is 0 Å². The molecule has 0 aliphatic carbocycles. The lowest BCUT2D eigenvalue weighted by Gasteiger charge is -2.31. The van der Waals surface area contributed by atoms with E-state index in [4.69, 9.17) is 4.74 Å². The van der Waals surface area contributed by atoms with Gasteiger partial charge in [-0.1, -0.05) is 118 Å². The molecule has 34 heavy (non-hydrogen) atoms. The Kier molecular flexibility index (Phi) is 22.9. The summed E-state index contributed by atoms with van der Waals surface area (Å²) in [5.41, 5.74) is 0. The van der Waals surface area contributed by atoms with Gasteiger partial charge in [-0.2, -0.15) is 0 Å². The Morgan fingerprint density at radius 2 is 1.09 bits per heavy atom. The number of amides is 1. The number of hydrogen-bond acceptors (Lipinski definition) is 3. The highest BCUT2D eigenvalue weighted by Gasteiger charge is 2.22. The molecule has 0 bridgehead atoms. The Morgan fingerprint density at radius 3 is 1.56 bits per heavy atom. The van der Waals surface area contributed by atoms with E-state index in [9.17, 15) is 9.59 Å². The van der Waals surface area contributed by atoms with Crippen LogP contribution in [-0.2, 0) is 14.3 Å². The maximum Gasteiger partial charge on any atom is 0.306 e. The summed E-state index contributed by atoms with van der Waals surface area (Å²) in [6, 6.07) is 0. The Balaban J connectivity index is 4.47. The van der Waals surface area contributed by atoms with Gasteiger partial charge in [0.1, 0.15) is 0 Å². The first-order valence-corrected chi connectivity index (χ1v) is 14.9. The van der Waals surface area contributed by atoms with Gasteiger partial charge in [0.15, 0.2) is 0 Å². The number of ether oxygens (including phenoxy) is 1. The first-order chi connectivity index (χ1) is 16.5. The Bertz CT molecular complexity index is 462. The Labute approximate surface area is 213 Å². The Hall–Kier alpha value is -1.06. The van der Waals surface area contributed by atoms with Gasteiger partial charge in [-0.15, -0.1) is 0 Å². The third-order valence-electron chi connectivity index (χ3n) is 7.20. The van der Waals surface area contributed by atoms with Gasteiger partial charge in [0, 0.05) is 19.5 Å². The highest BCUT2D eigenvalue weighted by Crippen LogP contribution is 2.20. The number of rotatable bonds is 24. The number of unbranched alkanes of at least 4 members (excludes halogenated alkanes) is 9. The van der Waals surface area contributed by atoms with Gasteiger partial charge in [0.05, 0.1) is 13.0 Å². The standard InChI is InChI=1S/C30H59NO3/c1-6-11-14-15-16-17-18-19-24-34-30(33)23-22-29(32)31(25-27(9-4)20-12-7-2)26-28(10-5)21-13-8-3/h27-28H,6-26H2,1-5H3. The average Bonchev–Trinajstić information content (AvgIpc) is 2.85. The van der Waals surface area contributed by atoms with E-state index < -0.39 is 0 Å². The largest absolute Gasteiger partial charge is 0.466 e. The van der Waals surface area contributed by atoms with E-state index in [2.05, 4.69) is 39.5 Å². The lowest BCUT2D eigenvalue weighted by Crippen LogP contribution is -2.39. The molecule has 1 amide bonds. The van der Waals surface area contributed by atoms with Crippen LogP contribution in [0.25, 0.3) is 0 Å². The fourth-order valence-electron chi connectivity index (χ4n) is 4.60. The molecular weight excluding hydrogens is 422 g/mol. The highest BCUT2D eigenvalue weighted by atomic mass is 16.5. The minimum absolute atomic E-state index is 0.133. The van der Waals surface area contributed by atoms with Gasteiger partial charge >= 0.3 is 5.97 Å². The Morgan fingerprint density at radius 1 is 0.618 bits per heavy atom. The van der Waals surface area contributed by atoms with Crippen molar-refractivity contribution in [2.75, 3.05) is 19.7 Å². The van der Waals surface area contributed by atoms with Crippen molar-refractivity contribution in [1.29, 1.82) is 0 Å². The molecule has 202 valence electrons. The molecule has 0 aromatic heterocycles. The second-order valence-electron chi connectivity index (χ2n) is 10.3. The third-order valence-corrected chi connectivity index (χ3v) is 7.20. The van der Waals surface area contributed by atoms with Gasteiger partial charge < -0.3 is 9.64 Å². The molecule has 2 atom stereocenters. The molecule has 0 N–H and O–H groups in total. The third kappa shape index (κ3) is 18.3. The quantitative estimate of drug-likeness (QED) is 0.102. The molecule has 2 unspecified atom stereocenters. The zero-order valence-electron chi connectivity index (χ0n) is 23.7. The zero-order valence-corrected chi connectivity index (χ0v) is 23.7. The minimum Gasteiger partial charge on any atom is -0.466 e. The number of carbonyl (C=O) groups is 2. The van der Waals surface area contributed by atoms with Crippen LogP contribution < -0.4 is 0 Å². The summed E-state index contributed by atoms with van der Waals surface area (Å²) < 4.78 is 5.42. The van der Waals surface area contributed by atoms with Crippen molar-refractivity contribution >= 4 is 11.9 Å². The summed E-state index contributed by atoms with van der Waals surface area (Å²) in [5.74, 6) is 1.03. The lowest BCUT2D eigenvalue weighted by atomic mass is 9.95. The number of nitrogens with zero attached hydrogens (tertiary/aromatic N) is 1. The molecule has 0 spiro atoms. The van der Waals surface area contributed by atoms with E-state index in [1.54, 1.807) is 0 Å². The van der Waals surface area contributed by atoms with E-state index in [0.717, 1.165) is 38.8 Å². The minimum atomic E-state index is -0.215. The van der Waals surface area contributed by atoms with E-state index in [1.165, 1.54) is 77.0 Å². The van der Waals surface area contributed by atoms with Gasteiger partial charge in [-0.05, 0) is 31.1 Å². The van der Waals surface area contributed by atoms with E-state index in [-0.39, 0.29) is 24.7 Å². The zero-order chi connectivity index (χ0) is 25.4. The smallest absolute Gasteiger partial charge is 0.306 e. The molecule has 0 saturated heterocycles. The van der Waals surface area contributed by atoms with Crippen molar-refractivity contribution in [3.63, 3.8) is 0 Å². The monoisotopic (exact) mass is 481 g/mol. The first kappa shape index (κ1) is 32.9.